The Morgan fingerprint density at radius 3 is 2.80 bits per heavy atom. The van der Waals surface area contributed by atoms with Crippen LogP contribution >= 0.6 is 0 Å². The van der Waals surface area contributed by atoms with Crippen molar-refractivity contribution < 1.29 is 19.4 Å². The third kappa shape index (κ3) is 5.60. The van der Waals surface area contributed by atoms with E-state index in [1.165, 1.54) is 0 Å². The molecule has 0 aliphatic carbocycles. The summed E-state index contributed by atoms with van der Waals surface area (Å²) in [6.45, 7) is 4.36. The second kappa shape index (κ2) is 8.04. The fourth-order valence-corrected chi connectivity index (χ4v) is 1.53. The van der Waals surface area contributed by atoms with Crippen LogP contribution in [-0.4, -0.2) is 30.3 Å². The summed E-state index contributed by atoms with van der Waals surface area (Å²) in [5, 5.41) is 14.0. The van der Waals surface area contributed by atoms with E-state index in [9.17, 15) is 9.59 Å². The average molecular weight is 280 g/mol. The lowest BCUT2D eigenvalue weighted by Gasteiger charge is -2.10. The van der Waals surface area contributed by atoms with Crippen molar-refractivity contribution in [2.75, 3.05) is 18.5 Å². The minimum Gasteiger partial charge on any atom is -0.494 e. The number of anilines is 1. The highest BCUT2D eigenvalue weighted by molar-refractivity contribution is 5.89. The van der Waals surface area contributed by atoms with Gasteiger partial charge in [-0.3, -0.25) is 4.79 Å². The molecule has 0 saturated heterocycles. The van der Waals surface area contributed by atoms with Gasteiger partial charge >= 0.3 is 12.0 Å². The molecule has 0 radical (unpaired) electrons. The predicted octanol–water partition coefficient (Wildman–Crippen LogP) is 2.32. The summed E-state index contributed by atoms with van der Waals surface area (Å²) in [5.41, 5.74) is 0.625. The molecule has 1 atom stereocenters. The number of hydrogen-bond donors (Lipinski definition) is 3. The molecule has 2 amide bonds. The molecule has 1 aromatic rings. The van der Waals surface area contributed by atoms with E-state index in [1.807, 2.05) is 6.92 Å². The van der Waals surface area contributed by atoms with Crippen molar-refractivity contribution in [3.8, 4) is 5.75 Å². The van der Waals surface area contributed by atoms with Crippen molar-refractivity contribution in [1.82, 2.24) is 5.32 Å². The van der Waals surface area contributed by atoms with Crippen molar-refractivity contribution in [2.24, 2.45) is 5.92 Å². The highest BCUT2D eigenvalue weighted by Gasteiger charge is 2.10. The predicted molar refractivity (Wildman–Crippen MR) is 76.0 cm³/mol. The Balaban J connectivity index is 2.38. The number of carbonyl (C=O) groups is 2. The molecule has 0 fully saturated rings. The standard InChI is InChI=1S/C14H20N2O4/c1-3-20-12-6-4-5-11(9-12)16-14(19)15-8-7-10(2)13(17)18/h4-6,9-10H,3,7-8H2,1-2H3,(H,17,18)(H2,15,16,19). The molecular formula is C14H20N2O4. The third-order valence-corrected chi connectivity index (χ3v) is 2.69. The Labute approximate surface area is 118 Å². The SMILES string of the molecule is CCOc1cccc(NC(=O)NCCC(C)C(=O)O)c1. The summed E-state index contributed by atoms with van der Waals surface area (Å²) in [6.07, 6.45) is 0.391. The van der Waals surface area contributed by atoms with Crippen LogP contribution in [0.1, 0.15) is 20.3 Å². The van der Waals surface area contributed by atoms with Crippen LogP contribution < -0.4 is 15.4 Å². The van der Waals surface area contributed by atoms with Gasteiger partial charge in [0, 0.05) is 18.3 Å². The number of nitrogens with one attached hydrogen (secondary N) is 2. The van der Waals surface area contributed by atoms with Gasteiger partial charge in [-0.25, -0.2) is 4.79 Å². The van der Waals surface area contributed by atoms with E-state index in [0.717, 1.165) is 0 Å². The van der Waals surface area contributed by atoms with Crippen molar-refractivity contribution >= 4 is 17.7 Å². The van der Waals surface area contributed by atoms with Crippen molar-refractivity contribution in [2.45, 2.75) is 20.3 Å². The van der Waals surface area contributed by atoms with Crippen LogP contribution in [-0.2, 0) is 4.79 Å². The molecule has 0 aromatic heterocycles. The topological polar surface area (TPSA) is 87.7 Å². The molecule has 1 unspecified atom stereocenters. The van der Waals surface area contributed by atoms with Gasteiger partial charge in [-0.05, 0) is 25.5 Å². The van der Waals surface area contributed by atoms with Gasteiger partial charge < -0.3 is 20.5 Å². The Hall–Kier alpha value is -2.24. The third-order valence-electron chi connectivity index (χ3n) is 2.69. The second-order valence-corrected chi connectivity index (χ2v) is 4.37. The van der Waals surface area contributed by atoms with E-state index >= 15 is 0 Å². The number of carboxylic acids is 1. The summed E-state index contributed by atoms with van der Waals surface area (Å²) in [5.74, 6) is -0.655. The molecule has 0 bridgehead atoms. The maximum Gasteiger partial charge on any atom is 0.319 e. The Kier molecular flexibility index (Phi) is 6.36. The molecule has 20 heavy (non-hydrogen) atoms. The van der Waals surface area contributed by atoms with Gasteiger partial charge in [-0.2, -0.15) is 0 Å². The number of aliphatic carboxylic acids is 1. The maximum atomic E-state index is 11.6. The number of urea groups is 1. The van der Waals surface area contributed by atoms with E-state index in [4.69, 9.17) is 9.84 Å². The number of amides is 2. The average Bonchev–Trinajstić information content (AvgIpc) is 2.39. The van der Waals surface area contributed by atoms with Crippen LogP contribution in [0, 0.1) is 5.92 Å². The number of benzene rings is 1. The van der Waals surface area contributed by atoms with Crippen LogP contribution in [0.2, 0.25) is 0 Å². The van der Waals surface area contributed by atoms with E-state index in [-0.39, 0.29) is 6.03 Å². The number of ether oxygens (including phenoxy) is 1. The summed E-state index contributed by atoms with van der Waals surface area (Å²) >= 11 is 0. The van der Waals surface area contributed by atoms with Gasteiger partial charge in [0.1, 0.15) is 5.75 Å². The number of carboxylic acid groups (broad SMARTS) is 1. The Bertz CT molecular complexity index is 462. The molecule has 3 N–H and O–H groups in total. The first-order chi connectivity index (χ1) is 9.52. The minimum absolute atomic E-state index is 0.310. The number of rotatable bonds is 7. The summed E-state index contributed by atoms with van der Waals surface area (Å²) < 4.78 is 5.33. The molecule has 6 nitrogen and oxygen atoms in total. The lowest BCUT2D eigenvalue weighted by Crippen LogP contribution is -2.31. The fourth-order valence-electron chi connectivity index (χ4n) is 1.53. The largest absolute Gasteiger partial charge is 0.494 e. The normalized spacial score (nSPS) is 11.5. The van der Waals surface area contributed by atoms with Crippen LogP contribution in [0.25, 0.3) is 0 Å². The summed E-state index contributed by atoms with van der Waals surface area (Å²) in [6, 6.07) is 6.70. The van der Waals surface area contributed by atoms with E-state index in [0.29, 0.717) is 31.0 Å². The van der Waals surface area contributed by atoms with Gasteiger partial charge in [0.15, 0.2) is 0 Å². The van der Waals surface area contributed by atoms with Crippen molar-refractivity contribution in [3.05, 3.63) is 24.3 Å². The first-order valence-electron chi connectivity index (χ1n) is 6.53. The molecule has 0 spiro atoms. The molecule has 0 saturated carbocycles. The lowest BCUT2D eigenvalue weighted by molar-refractivity contribution is -0.141. The first-order valence-corrected chi connectivity index (χ1v) is 6.53. The van der Waals surface area contributed by atoms with Gasteiger partial charge in [0.05, 0.1) is 12.5 Å². The molecule has 0 heterocycles. The number of hydrogen-bond acceptors (Lipinski definition) is 3. The highest BCUT2D eigenvalue weighted by atomic mass is 16.5. The zero-order valence-electron chi connectivity index (χ0n) is 11.7. The molecular weight excluding hydrogens is 260 g/mol. The van der Waals surface area contributed by atoms with Crippen LogP contribution in [0.3, 0.4) is 0 Å². The van der Waals surface area contributed by atoms with Gasteiger partial charge in [0.2, 0.25) is 0 Å². The number of carbonyl (C=O) groups excluding carboxylic acids is 1. The van der Waals surface area contributed by atoms with Crippen molar-refractivity contribution in [3.63, 3.8) is 0 Å². The van der Waals surface area contributed by atoms with Gasteiger partial charge in [-0.15, -0.1) is 0 Å². The van der Waals surface area contributed by atoms with E-state index < -0.39 is 11.9 Å². The Morgan fingerprint density at radius 2 is 2.15 bits per heavy atom. The molecule has 110 valence electrons. The van der Waals surface area contributed by atoms with E-state index in [1.54, 1.807) is 31.2 Å². The smallest absolute Gasteiger partial charge is 0.319 e. The van der Waals surface area contributed by atoms with Gasteiger partial charge in [0.25, 0.3) is 0 Å². The molecule has 1 rings (SSSR count). The van der Waals surface area contributed by atoms with E-state index in [2.05, 4.69) is 10.6 Å². The molecule has 1 aromatic carbocycles. The zero-order valence-corrected chi connectivity index (χ0v) is 11.7. The molecule has 0 aliphatic rings. The summed E-state index contributed by atoms with van der Waals surface area (Å²) in [7, 11) is 0. The fraction of sp³-hybridized carbons (Fsp3) is 0.429. The monoisotopic (exact) mass is 280 g/mol. The highest BCUT2D eigenvalue weighted by Crippen LogP contribution is 2.17. The van der Waals surface area contributed by atoms with Crippen LogP contribution in [0.15, 0.2) is 24.3 Å². The molecule has 6 heteroatoms. The van der Waals surface area contributed by atoms with Crippen LogP contribution in [0.4, 0.5) is 10.5 Å². The molecule has 0 aliphatic heterocycles. The minimum atomic E-state index is -0.864. The van der Waals surface area contributed by atoms with Crippen molar-refractivity contribution in [1.29, 1.82) is 0 Å². The zero-order chi connectivity index (χ0) is 15.0. The quantitative estimate of drug-likeness (QED) is 0.715. The second-order valence-electron chi connectivity index (χ2n) is 4.37. The maximum absolute atomic E-state index is 11.6. The summed E-state index contributed by atoms with van der Waals surface area (Å²) in [4.78, 5) is 22.2. The Morgan fingerprint density at radius 1 is 1.40 bits per heavy atom. The van der Waals surface area contributed by atoms with Gasteiger partial charge in [-0.1, -0.05) is 13.0 Å². The first kappa shape index (κ1) is 15.8. The van der Waals surface area contributed by atoms with Crippen LogP contribution in [0.5, 0.6) is 5.75 Å². The lowest BCUT2D eigenvalue weighted by atomic mass is 10.1.